The van der Waals surface area contributed by atoms with Crippen molar-refractivity contribution in [3.63, 3.8) is 0 Å². The third-order valence-electron chi connectivity index (χ3n) is 4.27. The van der Waals surface area contributed by atoms with E-state index in [0.29, 0.717) is 13.2 Å². The predicted molar refractivity (Wildman–Crippen MR) is 88.2 cm³/mol. The van der Waals surface area contributed by atoms with E-state index in [2.05, 4.69) is 21.8 Å². The van der Waals surface area contributed by atoms with Gasteiger partial charge in [-0.1, -0.05) is 0 Å². The summed E-state index contributed by atoms with van der Waals surface area (Å²) in [5, 5.41) is 0. The van der Waals surface area contributed by atoms with Crippen molar-refractivity contribution in [3.8, 4) is 22.8 Å². The Morgan fingerprint density at radius 3 is 2.57 bits per heavy atom. The fourth-order valence-corrected chi connectivity index (χ4v) is 2.87. The molecule has 4 rings (SSSR count). The third kappa shape index (κ3) is 2.94. The summed E-state index contributed by atoms with van der Waals surface area (Å²) in [7, 11) is 2.14. The van der Waals surface area contributed by atoms with Crippen LogP contribution in [0.4, 0.5) is 5.95 Å². The lowest BCUT2D eigenvalue weighted by Crippen LogP contribution is -2.45. The van der Waals surface area contributed by atoms with E-state index in [1.54, 1.807) is 0 Å². The Balaban J connectivity index is 1.61. The largest absolute Gasteiger partial charge is 0.486 e. The second-order valence-corrected chi connectivity index (χ2v) is 5.89. The highest BCUT2D eigenvalue weighted by Gasteiger charge is 2.18. The number of hydrogen-bond acceptors (Lipinski definition) is 6. The normalized spacial score (nSPS) is 18.0. The van der Waals surface area contributed by atoms with Crippen LogP contribution in [-0.4, -0.2) is 61.3 Å². The van der Waals surface area contributed by atoms with E-state index >= 15 is 0 Å². The Bertz CT molecular complexity index is 699. The van der Waals surface area contributed by atoms with Gasteiger partial charge in [-0.05, 0) is 31.3 Å². The zero-order valence-electron chi connectivity index (χ0n) is 13.2. The van der Waals surface area contributed by atoms with Crippen molar-refractivity contribution < 1.29 is 9.47 Å². The molecule has 0 radical (unpaired) electrons. The fourth-order valence-electron chi connectivity index (χ4n) is 2.87. The van der Waals surface area contributed by atoms with Crippen LogP contribution in [0.5, 0.6) is 11.5 Å². The zero-order chi connectivity index (χ0) is 15.6. The van der Waals surface area contributed by atoms with Gasteiger partial charge in [-0.25, -0.2) is 9.97 Å². The van der Waals surface area contributed by atoms with Crippen molar-refractivity contribution in [2.45, 2.75) is 0 Å². The smallest absolute Gasteiger partial charge is 0.225 e. The lowest BCUT2D eigenvalue weighted by atomic mass is 10.1. The molecule has 2 aromatic rings. The lowest BCUT2D eigenvalue weighted by molar-refractivity contribution is 0.171. The second kappa shape index (κ2) is 6.04. The third-order valence-corrected chi connectivity index (χ3v) is 4.27. The van der Waals surface area contributed by atoms with E-state index in [9.17, 15) is 0 Å². The highest BCUT2D eigenvalue weighted by molar-refractivity contribution is 5.65. The molecule has 2 aliphatic rings. The number of anilines is 1. The quantitative estimate of drug-likeness (QED) is 0.841. The molecule has 0 amide bonds. The molecule has 1 aromatic heterocycles. The number of nitrogens with zero attached hydrogens (tertiary/aromatic N) is 4. The van der Waals surface area contributed by atoms with Crippen molar-refractivity contribution in [2.75, 3.05) is 51.3 Å². The molecule has 0 bridgehead atoms. The first-order valence-corrected chi connectivity index (χ1v) is 7.96. The Labute approximate surface area is 135 Å². The van der Waals surface area contributed by atoms with Gasteiger partial charge in [0.25, 0.3) is 0 Å². The molecular weight excluding hydrogens is 292 g/mol. The molecule has 23 heavy (non-hydrogen) atoms. The van der Waals surface area contributed by atoms with E-state index in [4.69, 9.17) is 14.5 Å². The summed E-state index contributed by atoms with van der Waals surface area (Å²) in [5.74, 6) is 2.38. The summed E-state index contributed by atoms with van der Waals surface area (Å²) >= 11 is 0. The first-order chi connectivity index (χ1) is 11.3. The van der Waals surface area contributed by atoms with E-state index in [-0.39, 0.29) is 0 Å². The summed E-state index contributed by atoms with van der Waals surface area (Å²) < 4.78 is 11.2. The van der Waals surface area contributed by atoms with Crippen LogP contribution in [0, 0.1) is 0 Å². The van der Waals surface area contributed by atoms with Gasteiger partial charge in [0, 0.05) is 37.9 Å². The van der Waals surface area contributed by atoms with Gasteiger partial charge in [-0.3, -0.25) is 0 Å². The van der Waals surface area contributed by atoms with Crippen molar-refractivity contribution >= 4 is 5.95 Å². The van der Waals surface area contributed by atoms with Crippen LogP contribution in [0.2, 0.25) is 0 Å². The van der Waals surface area contributed by atoms with E-state index in [0.717, 1.165) is 54.9 Å². The maximum Gasteiger partial charge on any atom is 0.225 e. The van der Waals surface area contributed by atoms with Gasteiger partial charge in [-0.15, -0.1) is 0 Å². The highest BCUT2D eigenvalue weighted by Crippen LogP contribution is 2.34. The SMILES string of the molecule is CN1CCN(c2nccc(-c3ccc4c(c3)OCCO4)n2)CC1. The molecule has 6 nitrogen and oxygen atoms in total. The number of aromatic nitrogens is 2. The van der Waals surface area contributed by atoms with Crippen molar-refractivity contribution in [1.82, 2.24) is 14.9 Å². The lowest BCUT2D eigenvalue weighted by Gasteiger charge is -2.32. The predicted octanol–water partition coefficient (Wildman–Crippen LogP) is 1.67. The van der Waals surface area contributed by atoms with Crippen LogP contribution >= 0.6 is 0 Å². The number of piperazine rings is 1. The fraction of sp³-hybridized carbons (Fsp3) is 0.412. The average Bonchev–Trinajstić information content (AvgIpc) is 2.62. The van der Waals surface area contributed by atoms with Crippen LogP contribution in [0.1, 0.15) is 0 Å². The number of fused-ring (bicyclic) bond motifs is 1. The van der Waals surface area contributed by atoms with Gasteiger partial charge in [-0.2, -0.15) is 0 Å². The van der Waals surface area contributed by atoms with Crippen LogP contribution in [-0.2, 0) is 0 Å². The first kappa shape index (κ1) is 14.3. The molecule has 2 aliphatic heterocycles. The number of ether oxygens (including phenoxy) is 2. The molecule has 0 spiro atoms. The van der Waals surface area contributed by atoms with Crippen molar-refractivity contribution in [3.05, 3.63) is 30.5 Å². The molecule has 0 aliphatic carbocycles. The zero-order valence-corrected chi connectivity index (χ0v) is 13.2. The summed E-state index contributed by atoms with van der Waals surface area (Å²) in [5.41, 5.74) is 1.93. The van der Waals surface area contributed by atoms with Crippen LogP contribution in [0.3, 0.4) is 0 Å². The Morgan fingerprint density at radius 1 is 0.957 bits per heavy atom. The molecule has 0 unspecified atom stereocenters. The number of likely N-dealkylation sites (N-methyl/N-ethyl adjacent to an activating group) is 1. The highest BCUT2D eigenvalue weighted by atomic mass is 16.6. The van der Waals surface area contributed by atoms with E-state index in [1.807, 2.05) is 30.5 Å². The molecule has 1 aromatic carbocycles. The number of benzene rings is 1. The molecule has 0 atom stereocenters. The molecular formula is C17H20N4O2. The maximum absolute atomic E-state index is 5.66. The van der Waals surface area contributed by atoms with Gasteiger partial charge in [0.15, 0.2) is 11.5 Å². The minimum Gasteiger partial charge on any atom is -0.486 e. The molecule has 0 saturated carbocycles. The Hall–Kier alpha value is -2.34. The Morgan fingerprint density at radius 2 is 1.74 bits per heavy atom. The summed E-state index contributed by atoms with van der Waals surface area (Å²) in [4.78, 5) is 13.7. The van der Waals surface area contributed by atoms with Crippen LogP contribution in [0.15, 0.2) is 30.5 Å². The van der Waals surface area contributed by atoms with Gasteiger partial charge in [0.1, 0.15) is 13.2 Å². The van der Waals surface area contributed by atoms with Crippen molar-refractivity contribution in [1.29, 1.82) is 0 Å². The standard InChI is InChI=1S/C17H20N4O2/c1-20-6-8-21(9-7-20)17-18-5-4-14(19-17)13-2-3-15-16(12-13)23-11-10-22-15/h2-5,12H,6-11H2,1H3. The Kier molecular flexibility index (Phi) is 3.75. The molecule has 1 saturated heterocycles. The summed E-state index contributed by atoms with van der Waals surface area (Å²) in [6, 6.07) is 7.89. The number of hydrogen-bond donors (Lipinski definition) is 0. The average molecular weight is 312 g/mol. The first-order valence-electron chi connectivity index (χ1n) is 7.96. The summed E-state index contributed by atoms with van der Waals surface area (Å²) in [6.45, 7) is 5.19. The van der Waals surface area contributed by atoms with Gasteiger partial charge in [0.2, 0.25) is 5.95 Å². The van der Waals surface area contributed by atoms with Crippen LogP contribution < -0.4 is 14.4 Å². The molecule has 120 valence electrons. The summed E-state index contributed by atoms with van der Waals surface area (Å²) in [6.07, 6.45) is 1.83. The molecule has 1 fully saturated rings. The van der Waals surface area contributed by atoms with Crippen molar-refractivity contribution in [2.24, 2.45) is 0 Å². The molecule has 0 N–H and O–H groups in total. The minimum atomic E-state index is 0.590. The van der Waals surface area contributed by atoms with E-state index in [1.165, 1.54) is 0 Å². The van der Waals surface area contributed by atoms with Gasteiger partial charge in [0.05, 0.1) is 5.69 Å². The number of rotatable bonds is 2. The van der Waals surface area contributed by atoms with E-state index < -0.39 is 0 Å². The monoisotopic (exact) mass is 312 g/mol. The topological polar surface area (TPSA) is 50.7 Å². The maximum atomic E-state index is 5.66. The molecule has 6 heteroatoms. The minimum absolute atomic E-state index is 0.590. The van der Waals surface area contributed by atoms with Gasteiger partial charge < -0.3 is 19.3 Å². The second-order valence-electron chi connectivity index (χ2n) is 5.89. The van der Waals surface area contributed by atoms with Gasteiger partial charge >= 0.3 is 0 Å². The van der Waals surface area contributed by atoms with Crippen LogP contribution in [0.25, 0.3) is 11.3 Å². The molecule has 3 heterocycles.